The molecule has 1 aromatic rings. The Morgan fingerprint density at radius 1 is 1.38 bits per heavy atom. The fourth-order valence-electron chi connectivity index (χ4n) is 0.858. The third kappa shape index (κ3) is 6.81. The second kappa shape index (κ2) is 6.82. The van der Waals surface area contributed by atoms with Gasteiger partial charge >= 0.3 is 6.09 Å². The lowest BCUT2D eigenvalue weighted by molar-refractivity contribution is 0.0636. The van der Waals surface area contributed by atoms with Crippen LogP contribution in [0.2, 0.25) is 0 Å². The standard InChI is InChI=1S/C10H14N2O2.C2H6/c1-10(2,3)14-9(13)12-8-5-4-6-11-7-8;1-2/h4-7H,1-3H3,(H,12,13);1-2H3. The highest BCUT2D eigenvalue weighted by atomic mass is 16.6. The lowest BCUT2D eigenvalue weighted by atomic mass is 10.2. The van der Waals surface area contributed by atoms with Gasteiger partial charge in [-0.3, -0.25) is 10.3 Å². The Labute approximate surface area is 97.0 Å². The number of anilines is 1. The minimum Gasteiger partial charge on any atom is -0.444 e. The molecule has 0 unspecified atom stereocenters. The van der Waals surface area contributed by atoms with Crippen LogP contribution in [-0.2, 0) is 4.74 Å². The minimum atomic E-state index is -0.480. The highest BCUT2D eigenvalue weighted by molar-refractivity contribution is 5.84. The summed E-state index contributed by atoms with van der Waals surface area (Å²) in [4.78, 5) is 15.1. The van der Waals surface area contributed by atoms with Gasteiger partial charge in [0.15, 0.2) is 0 Å². The van der Waals surface area contributed by atoms with Gasteiger partial charge in [0.2, 0.25) is 0 Å². The van der Waals surface area contributed by atoms with Crippen LogP contribution in [0.4, 0.5) is 10.5 Å². The number of amides is 1. The zero-order valence-corrected chi connectivity index (χ0v) is 10.6. The number of aromatic nitrogens is 1. The fraction of sp³-hybridized carbons (Fsp3) is 0.500. The van der Waals surface area contributed by atoms with Crippen LogP contribution in [0.5, 0.6) is 0 Å². The zero-order valence-electron chi connectivity index (χ0n) is 10.6. The third-order valence-electron chi connectivity index (χ3n) is 1.31. The molecule has 4 nitrogen and oxygen atoms in total. The maximum atomic E-state index is 11.3. The Bertz CT molecular complexity index is 305. The van der Waals surface area contributed by atoms with Crippen molar-refractivity contribution >= 4 is 11.8 Å². The molecule has 0 aliphatic rings. The summed E-state index contributed by atoms with van der Waals surface area (Å²) in [7, 11) is 0. The average Bonchev–Trinajstić information content (AvgIpc) is 2.19. The van der Waals surface area contributed by atoms with Crippen LogP contribution in [0.25, 0.3) is 0 Å². The van der Waals surface area contributed by atoms with E-state index in [0.29, 0.717) is 5.69 Å². The van der Waals surface area contributed by atoms with Crippen molar-refractivity contribution in [3.8, 4) is 0 Å². The van der Waals surface area contributed by atoms with Crippen molar-refractivity contribution in [2.45, 2.75) is 40.2 Å². The van der Waals surface area contributed by atoms with E-state index in [2.05, 4.69) is 10.3 Å². The number of ether oxygens (including phenoxy) is 1. The van der Waals surface area contributed by atoms with E-state index in [1.54, 1.807) is 24.5 Å². The van der Waals surface area contributed by atoms with Crippen LogP contribution in [0.1, 0.15) is 34.6 Å². The van der Waals surface area contributed by atoms with Gasteiger partial charge in [0, 0.05) is 6.20 Å². The topological polar surface area (TPSA) is 51.2 Å². The normalized spacial score (nSPS) is 9.81. The number of hydrogen-bond donors (Lipinski definition) is 1. The molecule has 4 heteroatoms. The molecule has 0 radical (unpaired) electrons. The van der Waals surface area contributed by atoms with Crippen LogP contribution < -0.4 is 5.32 Å². The quantitative estimate of drug-likeness (QED) is 0.794. The van der Waals surface area contributed by atoms with Gasteiger partial charge < -0.3 is 4.74 Å². The number of hydrogen-bond acceptors (Lipinski definition) is 3. The minimum absolute atomic E-state index is 0.467. The van der Waals surface area contributed by atoms with Crippen molar-refractivity contribution in [2.75, 3.05) is 5.32 Å². The number of rotatable bonds is 1. The highest BCUT2D eigenvalue weighted by Crippen LogP contribution is 2.09. The lowest BCUT2D eigenvalue weighted by Crippen LogP contribution is -2.27. The monoisotopic (exact) mass is 224 g/mol. The summed E-state index contributed by atoms with van der Waals surface area (Å²) in [6.45, 7) is 9.45. The highest BCUT2D eigenvalue weighted by Gasteiger charge is 2.15. The smallest absolute Gasteiger partial charge is 0.412 e. The molecule has 0 saturated heterocycles. The first kappa shape index (κ1) is 14.4. The first-order chi connectivity index (χ1) is 7.47. The van der Waals surface area contributed by atoms with Gasteiger partial charge in [0.25, 0.3) is 0 Å². The average molecular weight is 224 g/mol. The predicted octanol–water partition coefficient (Wildman–Crippen LogP) is 3.45. The summed E-state index contributed by atoms with van der Waals surface area (Å²) in [5.74, 6) is 0. The molecule has 0 atom stereocenters. The van der Waals surface area contributed by atoms with E-state index in [0.717, 1.165) is 0 Å². The van der Waals surface area contributed by atoms with E-state index in [1.807, 2.05) is 34.6 Å². The van der Waals surface area contributed by atoms with E-state index in [4.69, 9.17) is 4.74 Å². The van der Waals surface area contributed by atoms with E-state index >= 15 is 0 Å². The van der Waals surface area contributed by atoms with Crippen LogP contribution in [0.15, 0.2) is 24.5 Å². The second-order valence-corrected chi connectivity index (χ2v) is 3.87. The molecule has 0 aliphatic heterocycles. The Kier molecular flexibility index (Phi) is 6.15. The molecule has 0 spiro atoms. The Morgan fingerprint density at radius 3 is 2.44 bits per heavy atom. The summed E-state index contributed by atoms with van der Waals surface area (Å²) in [6.07, 6.45) is 2.73. The molecule has 0 aliphatic carbocycles. The van der Waals surface area contributed by atoms with Gasteiger partial charge in [-0.1, -0.05) is 13.8 Å². The van der Waals surface area contributed by atoms with E-state index in [1.165, 1.54) is 0 Å². The molecular weight excluding hydrogens is 204 g/mol. The number of pyridine rings is 1. The molecule has 1 amide bonds. The molecule has 0 bridgehead atoms. The molecule has 1 aromatic heterocycles. The van der Waals surface area contributed by atoms with Gasteiger partial charge in [-0.15, -0.1) is 0 Å². The maximum Gasteiger partial charge on any atom is 0.412 e. The van der Waals surface area contributed by atoms with Crippen molar-refractivity contribution in [3.63, 3.8) is 0 Å². The first-order valence-electron chi connectivity index (χ1n) is 5.37. The molecule has 0 aromatic carbocycles. The summed E-state index contributed by atoms with van der Waals surface area (Å²) < 4.78 is 5.06. The zero-order chi connectivity index (χ0) is 12.6. The van der Waals surface area contributed by atoms with Gasteiger partial charge in [-0.2, -0.15) is 0 Å². The fourth-order valence-corrected chi connectivity index (χ4v) is 0.858. The summed E-state index contributed by atoms with van der Waals surface area (Å²) in [5.41, 5.74) is 0.147. The van der Waals surface area contributed by atoms with E-state index in [-0.39, 0.29) is 0 Å². The molecule has 1 N–H and O–H groups in total. The van der Waals surface area contributed by atoms with E-state index in [9.17, 15) is 4.79 Å². The largest absolute Gasteiger partial charge is 0.444 e. The number of nitrogens with one attached hydrogen (secondary N) is 1. The molecule has 1 heterocycles. The molecule has 16 heavy (non-hydrogen) atoms. The number of nitrogens with zero attached hydrogens (tertiary/aromatic N) is 1. The first-order valence-corrected chi connectivity index (χ1v) is 5.37. The summed E-state index contributed by atoms with van der Waals surface area (Å²) >= 11 is 0. The van der Waals surface area contributed by atoms with Gasteiger partial charge in [-0.25, -0.2) is 4.79 Å². The number of carbonyl (C=O) groups is 1. The second-order valence-electron chi connectivity index (χ2n) is 3.87. The molecule has 90 valence electrons. The summed E-state index contributed by atoms with van der Waals surface area (Å²) in [6, 6.07) is 3.49. The van der Waals surface area contributed by atoms with Crippen LogP contribution in [0, 0.1) is 0 Å². The molecule has 0 fully saturated rings. The van der Waals surface area contributed by atoms with Crippen molar-refractivity contribution in [1.29, 1.82) is 0 Å². The van der Waals surface area contributed by atoms with Crippen molar-refractivity contribution < 1.29 is 9.53 Å². The van der Waals surface area contributed by atoms with Gasteiger partial charge in [0.1, 0.15) is 5.60 Å². The van der Waals surface area contributed by atoms with Crippen molar-refractivity contribution in [1.82, 2.24) is 4.98 Å². The van der Waals surface area contributed by atoms with Crippen LogP contribution in [0.3, 0.4) is 0 Å². The summed E-state index contributed by atoms with van der Waals surface area (Å²) in [5, 5.41) is 2.57. The molecular formula is C12H20N2O2. The molecule has 1 rings (SSSR count). The van der Waals surface area contributed by atoms with Gasteiger partial charge in [-0.05, 0) is 32.9 Å². The van der Waals surface area contributed by atoms with Crippen LogP contribution in [-0.4, -0.2) is 16.7 Å². The lowest BCUT2D eigenvalue weighted by Gasteiger charge is -2.19. The predicted molar refractivity (Wildman–Crippen MR) is 65.4 cm³/mol. The maximum absolute atomic E-state index is 11.3. The Hall–Kier alpha value is -1.58. The third-order valence-corrected chi connectivity index (χ3v) is 1.31. The van der Waals surface area contributed by atoms with Crippen molar-refractivity contribution in [3.05, 3.63) is 24.5 Å². The van der Waals surface area contributed by atoms with Crippen molar-refractivity contribution in [2.24, 2.45) is 0 Å². The SMILES string of the molecule is CC.CC(C)(C)OC(=O)Nc1cccnc1. The Balaban J connectivity index is 0.00000106. The van der Waals surface area contributed by atoms with Gasteiger partial charge in [0.05, 0.1) is 11.9 Å². The molecule has 0 saturated carbocycles. The Morgan fingerprint density at radius 2 is 2.00 bits per heavy atom. The van der Waals surface area contributed by atoms with Crippen LogP contribution >= 0.6 is 0 Å². The van der Waals surface area contributed by atoms with E-state index < -0.39 is 11.7 Å². The number of carbonyl (C=O) groups excluding carboxylic acids is 1.